The van der Waals surface area contributed by atoms with E-state index in [2.05, 4.69) is 5.10 Å². The standard InChI is InChI=1S/C13H11Cl2FN2O/c1-7-13(15)10(18(2)17-7)6-11(19)12-8(14)4-3-5-9(12)16/h3-5H,6H2,1-2H3. The number of hydrogen-bond acceptors (Lipinski definition) is 2. The minimum absolute atomic E-state index is 0.0448. The molecule has 2 aromatic rings. The van der Waals surface area contributed by atoms with E-state index < -0.39 is 11.6 Å². The van der Waals surface area contributed by atoms with Gasteiger partial charge in [-0.15, -0.1) is 0 Å². The number of aromatic nitrogens is 2. The maximum Gasteiger partial charge on any atom is 0.173 e. The fourth-order valence-corrected chi connectivity index (χ4v) is 2.37. The summed E-state index contributed by atoms with van der Waals surface area (Å²) in [7, 11) is 1.68. The molecule has 1 aromatic heterocycles. The van der Waals surface area contributed by atoms with Crippen molar-refractivity contribution in [1.82, 2.24) is 9.78 Å². The average molecular weight is 301 g/mol. The first-order valence-corrected chi connectivity index (χ1v) is 6.32. The summed E-state index contributed by atoms with van der Waals surface area (Å²) in [5, 5.41) is 4.62. The van der Waals surface area contributed by atoms with Crippen LogP contribution in [0.3, 0.4) is 0 Å². The smallest absolute Gasteiger partial charge is 0.173 e. The molecular weight excluding hydrogens is 290 g/mol. The lowest BCUT2D eigenvalue weighted by Crippen LogP contribution is -2.10. The van der Waals surface area contributed by atoms with Gasteiger partial charge >= 0.3 is 0 Å². The lowest BCUT2D eigenvalue weighted by atomic mass is 10.1. The van der Waals surface area contributed by atoms with Crippen LogP contribution in [0.4, 0.5) is 4.39 Å². The normalized spacial score (nSPS) is 10.8. The Hall–Kier alpha value is -1.39. The predicted octanol–water partition coefficient (Wildman–Crippen LogP) is 3.60. The maximum absolute atomic E-state index is 13.6. The molecule has 0 aliphatic carbocycles. The zero-order chi connectivity index (χ0) is 14.2. The summed E-state index contributed by atoms with van der Waals surface area (Å²) in [6.45, 7) is 1.74. The first kappa shape index (κ1) is 14.0. The number of benzene rings is 1. The minimum atomic E-state index is -0.632. The van der Waals surface area contributed by atoms with Crippen molar-refractivity contribution < 1.29 is 9.18 Å². The van der Waals surface area contributed by atoms with Gasteiger partial charge in [0.15, 0.2) is 5.78 Å². The van der Waals surface area contributed by atoms with Crippen LogP contribution in [-0.4, -0.2) is 15.6 Å². The molecular formula is C13H11Cl2FN2O. The number of hydrogen-bond donors (Lipinski definition) is 0. The summed E-state index contributed by atoms with van der Waals surface area (Å²) in [6, 6.07) is 4.14. The van der Waals surface area contributed by atoms with Crippen molar-refractivity contribution in [3.8, 4) is 0 Å². The van der Waals surface area contributed by atoms with Gasteiger partial charge in [0.05, 0.1) is 33.4 Å². The van der Waals surface area contributed by atoms with Crippen LogP contribution in [0.15, 0.2) is 18.2 Å². The number of nitrogens with zero attached hydrogens (tertiary/aromatic N) is 2. The van der Waals surface area contributed by atoms with Crippen molar-refractivity contribution in [3.05, 3.63) is 51.0 Å². The van der Waals surface area contributed by atoms with E-state index in [9.17, 15) is 9.18 Å². The highest BCUT2D eigenvalue weighted by Crippen LogP contribution is 2.24. The fraction of sp³-hybridized carbons (Fsp3) is 0.231. The van der Waals surface area contributed by atoms with E-state index >= 15 is 0 Å². The van der Waals surface area contributed by atoms with Crippen molar-refractivity contribution >= 4 is 29.0 Å². The quantitative estimate of drug-likeness (QED) is 0.812. The van der Waals surface area contributed by atoms with Gasteiger partial charge in [-0.3, -0.25) is 9.48 Å². The maximum atomic E-state index is 13.6. The molecule has 6 heteroatoms. The number of carbonyl (C=O) groups excluding carboxylic acids is 1. The molecule has 1 aromatic carbocycles. The second kappa shape index (κ2) is 5.31. The Balaban J connectivity index is 2.36. The van der Waals surface area contributed by atoms with Gasteiger partial charge in [-0.05, 0) is 19.1 Å². The molecule has 2 rings (SSSR count). The van der Waals surface area contributed by atoms with Crippen LogP contribution < -0.4 is 0 Å². The van der Waals surface area contributed by atoms with Crippen molar-refractivity contribution in [2.75, 3.05) is 0 Å². The fourth-order valence-electron chi connectivity index (χ4n) is 1.88. The summed E-state index contributed by atoms with van der Waals surface area (Å²) in [5.41, 5.74) is 1.06. The molecule has 0 aliphatic heterocycles. The Morgan fingerprint density at radius 1 is 1.42 bits per heavy atom. The van der Waals surface area contributed by atoms with E-state index in [1.54, 1.807) is 14.0 Å². The van der Waals surface area contributed by atoms with Crippen LogP contribution in [-0.2, 0) is 13.5 Å². The molecule has 0 radical (unpaired) electrons. The lowest BCUT2D eigenvalue weighted by Gasteiger charge is -2.06. The molecule has 0 saturated carbocycles. The zero-order valence-electron chi connectivity index (χ0n) is 10.4. The highest BCUT2D eigenvalue weighted by atomic mass is 35.5. The number of halogens is 3. The first-order valence-electron chi connectivity index (χ1n) is 5.57. The largest absolute Gasteiger partial charge is 0.294 e. The zero-order valence-corrected chi connectivity index (χ0v) is 11.9. The van der Waals surface area contributed by atoms with Crippen LogP contribution in [0.1, 0.15) is 21.7 Å². The number of carbonyl (C=O) groups is 1. The molecule has 0 unspecified atom stereocenters. The third kappa shape index (κ3) is 2.65. The Morgan fingerprint density at radius 3 is 2.63 bits per heavy atom. The van der Waals surface area contributed by atoms with Crippen LogP contribution in [0.2, 0.25) is 10.0 Å². The number of rotatable bonds is 3. The monoisotopic (exact) mass is 300 g/mol. The lowest BCUT2D eigenvalue weighted by molar-refractivity contribution is 0.0987. The van der Waals surface area contributed by atoms with Gasteiger partial charge in [-0.1, -0.05) is 29.3 Å². The van der Waals surface area contributed by atoms with E-state index in [0.717, 1.165) is 0 Å². The molecule has 0 saturated heterocycles. The van der Waals surface area contributed by atoms with Gasteiger partial charge in [-0.2, -0.15) is 5.10 Å². The molecule has 0 aliphatic rings. The van der Waals surface area contributed by atoms with Crippen molar-refractivity contribution in [1.29, 1.82) is 0 Å². The highest BCUT2D eigenvalue weighted by Gasteiger charge is 2.20. The molecule has 1 heterocycles. The summed E-state index contributed by atoms with van der Waals surface area (Å²) >= 11 is 11.9. The van der Waals surface area contributed by atoms with Crippen LogP contribution >= 0.6 is 23.2 Å². The van der Waals surface area contributed by atoms with E-state index in [-0.39, 0.29) is 17.0 Å². The molecule has 0 spiro atoms. The first-order chi connectivity index (χ1) is 8.91. The summed E-state index contributed by atoms with van der Waals surface area (Å²) in [6.07, 6.45) is -0.0448. The Labute approximate surface area is 119 Å². The highest BCUT2D eigenvalue weighted by molar-refractivity contribution is 6.34. The Kier molecular flexibility index (Phi) is 3.92. The van der Waals surface area contributed by atoms with Crippen LogP contribution in [0.25, 0.3) is 0 Å². The van der Waals surface area contributed by atoms with Crippen molar-refractivity contribution in [2.24, 2.45) is 7.05 Å². The number of aryl methyl sites for hydroxylation is 2. The number of Topliss-reactive ketones (excluding diaryl/α,β-unsaturated/α-hetero) is 1. The molecule has 0 fully saturated rings. The summed E-state index contributed by atoms with van der Waals surface area (Å²) in [4.78, 5) is 12.1. The minimum Gasteiger partial charge on any atom is -0.294 e. The molecule has 19 heavy (non-hydrogen) atoms. The van der Waals surface area contributed by atoms with Gasteiger partial charge in [0, 0.05) is 7.05 Å². The van der Waals surface area contributed by atoms with Gasteiger partial charge in [0.2, 0.25) is 0 Å². The van der Waals surface area contributed by atoms with Crippen LogP contribution in [0.5, 0.6) is 0 Å². The van der Waals surface area contributed by atoms with Crippen LogP contribution in [0, 0.1) is 12.7 Å². The average Bonchev–Trinajstić information content (AvgIpc) is 2.56. The van der Waals surface area contributed by atoms with Gasteiger partial charge in [0.1, 0.15) is 5.82 Å². The summed E-state index contributed by atoms with van der Waals surface area (Å²) < 4.78 is 15.2. The molecule has 0 atom stereocenters. The van der Waals surface area contributed by atoms with Crippen molar-refractivity contribution in [3.63, 3.8) is 0 Å². The molecule has 0 amide bonds. The Morgan fingerprint density at radius 2 is 2.11 bits per heavy atom. The Bertz CT molecular complexity index is 632. The molecule has 0 bridgehead atoms. The van der Waals surface area contributed by atoms with E-state index in [0.29, 0.717) is 16.4 Å². The number of ketones is 1. The topological polar surface area (TPSA) is 34.9 Å². The van der Waals surface area contributed by atoms with E-state index in [1.165, 1.54) is 22.9 Å². The molecule has 100 valence electrons. The van der Waals surface area contributed by atoms with Gasteiger partial charge in [-0.25, -0.2) is 4.39 Å². The van der Waals surface area contributed by atoms with Gasteiger partial charge < -0.3 is 0 Å². The van der Waals surface area contributed by atoms with E-state index in [1.807, 2.05) is 0 Å². The molecule has 3 nitrogen and oxygen atoms in total. The van der Waals surface area contributed by atoms with E-state index in [4.69, 9.17) is 23.2 Å². The SMILES string of the molecule is Cc1nn(C)c(CC(=O)c2c(F)cccc2Cl)c1Cl. The van der Waals surface area contributed by atoms with Crippen molar-refractivity contribution in [2.45, 2.75) is 13.3 Å². The second-order valence-electron chi connectivity index (χ2n) is 4.17. The third-order valence-corrected chi connectivity index (χ3v) is 3.64. The van der Waals surface area contributed by atoms with Gasteiger partial charge in [0.25, 0.3) is 0 Å². The molecule has 0 N–H and O–H groups in total. The third-order valence-electron chi connectivity index (χ3n) is 2.83. The summed E-state index contributed by atoms with van der Waals surface area (Å²) in [5.74, 6) is -1.06. The second-order valence-corrected chi connectivity index (χ2v) is 4.95. The predicted molar refractivity (Wildman–Crippen MR) is 72.4 cm³/mol.